The third-order valence-corrected chi connectivity index (χ3v) is 3.57. The number of benzene rings is 2. The summed E-state index contributed by atoms with van der Waals surface area (Å²) in [6.07, 6.45) is 0. The van der Waals surface area contributed by atoms with Crippen LogP contribution in [-0.2, 0) is 4.79 Å². The van der Waals surface area contributed by atoms with E-state index >= 15 is 0 Å². The lowest BCUT2D eigenvalue weighted by Crippen LogP contribution is -2.29. The lowest BCUT2D eigenvalue weighted by atomic mass is 10.2. The summed E-state index contributed by atoms with van der Waals surface area (Å²) in [5.41, 5.74) is 6.35. The summed E-state index contributed by atoms with van der Waals surface area (Å²) in [6, 6.07) is 9.49. The lowest BCUT2D eigenvalue weighted by Gasteiger charge is -2.12. The summed E-state index contributed by atoms with van der Waals surface area (Å²) in [7, 11) is 0. The highest BCUT2D eigenvalue weighted by molar-refractivity contribution is 6.41. The summed E-state index contributed by atoms with van der Waals surface area (Å²) in [6.45, 7) is 1.39. The van der Waals surface area contributed by atoms with E-state index in [1.54, 1.807) is 24.3 Å². The number of rotatable bonds is 4. The van der Waals surface area contributed by atoms with E-state index in [4.69, 9.17) is 34.8 Å². The van der Waals surface area contributed by atoms with E-state index in [1.165, 1.54) is 19.1 Å². The molecule has 5 nitrogen and oxygen atoms in total. The van der Waals surface area contributed by atoms with Crippen molar-refractivity contribution in [3.63, 3.8) is 0 Å². The van der Waals surface area contributed by atoms with Gasteiger partial charge in [0.05, 0.1) is 15.7 Å². The normalized spacial score (nSPS) is 10.1. The number of amides is 2. The topological polar surface area (TPSA) is 70.2 Å². The number of anilines is 2. The molecule has 0 aliphatic carbocycles. The zero-order valence-electron chi connectivity index (χ0n) is 11.9. The van der Waals surface area contributed by atoms with Gasteiger partial charge in [-0.3, -0.25) is 20.4 Å². The van der Waals surface area contributed by atoms with Crippen LogP contribution in [0.1, 0.15) is 17.3 Å². The Morgan fingerprint density at radius 1 is 1.00 bits per heavy atom. The molecule has 2 aromatic carbocycles. The van der Waals surface area contributed by atoms with Crippen molar-refractivity contribution in [3.8, 4) is 0 Å². The molecule has 0 aliphatic heterocycles. The molecule has 8 heteroatoms. The molecule has 0 bridgehead atoms. The second-order valence-corrected chi connectivity index (χ2v) is 5.84. The van der Waals surface area contributed by atoms with Crippen molar-refractivity contribution in [1.82, 2.24) is 5.43 Å². The Morgan fingerprint density at radius 2 is 1.65 bits per heavy atom. The molecule has 3 N–H and O–H groups in total. The zero-order valence-corrected chi connectivity index (χ0v) is 14.2. The Morgan fingerprint density at radius 3 is 2.26 bits per heavy atom. The van der Waals surface area contributed by atoms with Gasteiger partial charge >= 0.3 is 0 Å². The van der Waals surface area contributed by atoms with Crippen molar-refractivity contribution in [1.29, 1.82) is 0 Å². The first kappa shape index (κ1) is 17.4. The van der Waals surface area contributed by atoms with Gasteiger partial charge in [-0.15, -0.1) is 0 Å². The second-order valence-electron chi connectivity index (χ2n) is 4.59. The van der Waals surface area contributed by atoms with E-state index < -0.39 is 5.91 Å². The first-order valence-electron chi connectivity index (χ1n) is 6.45. The number of nitrogens with one attached hydrogen (secondary N) is 3. The fourth-order valence-corrected chi connectivity index (χ4v) is 2.71. The molecule has 0 atom stereocenters. The van der Waals surface area contributed by atoms with Crippen molar-refractivity contribution in [2.45, 2.75) is 6.92 Å². The van der Waals surface area contributed by atoms with Gasteiger partial charge in [0.15, 0.2) is 0 Å². The average Bonchev–Trinajstić information content (AvgIpc) is 2.45. The quantitative estimate of drug-likeness (QED) is 0.698. The SMILES string of the molecule is CC(=O)Nc1cccc(C(=O)NNc2c(Cl)cc(Cl)cc2Cl)c1. The van der Waals surface area contributed by atoms with E-state index in [0.717, 1.165) is 0 Å². The Labute approximate surface area is 147 Å². The molecule has 0 heterocycles. The first-order chi connectivity index (χ1) is 10.9. The summed E-state index contributed by atoms with van der Waals surface area (Å²) in [5, 5.41) is 3.54. The minimum Gasteiger partial charge on any atom is -0.326 e. The van der Waals surface area contributed by atoms with Crippen LogP contribution in [0.25, 0.3) is 0 Å². The molecule has 0 radical (unpaired) electrons. The van der Waals surface area contributed by atoms with Crippen LogP contribution in [-0.4, -0.2) is 11.8 Å². The maximum absolute atomic E-state index is 12.1. The molecule has 0 saturated heterocycles. The molecule has 0 aliphatic rings. The van der Waals surface area contributed by atoms with Gasteiger partial charge in [0.2, 0.25) is 5.91 Å². The predicted octanol–water partition coefficient (Wildman–Crippen LogP) is 4.36. The van der Waals surface area contributed by atoms with Crippen LogP contribution < -0.4 is 16.2 Å². The van der Waals surface area contributed by atoms with Gasteiger partial charge in [-0.2, -0.15) is 0 Å². The molecule has 23 heavy (non-hydrogen) atoms. The van der Waals surface area contributed by atoms with Gasteiger partial charge in [0.1, 0.15) is 0 Å². The van der Waals surface area contributed by atoms with Gasteiger partial charge in [0, 0.05) is 23.2 Å². The fourth-order valence-electron chi connectivity index (χ4n) is 1.79. The molecule has 2 amide bonds. The number of carbonyl (C=O) groups is 2. The standard InChI is InChI=1S/C15H12Cl3N3O2/c1-8(22)19-11-4-2-3-9(5-11)15(23)21-20-14-12(17)6-10(16)7-13(14)18/h2-7,20H,1H3,(H,19,22)(H,21,23). The van der Waals surface area contributed by atoms with Crippen molar-refractivity contribution in [2.24, 2.45) is 0 Å². The molecule has 120 valence electrons. The first-order valence-corrected chi connectivity index (χ1v) is 7.59. The van der Waals surface area contributed by atoms with Crippen LogP contribution in [0.3, 0.4) is 0 Å². The maximum Gasteiger partial charge on any atom is 0.269 e. The summed E-state index contributed by atoms with van der Waals surface area (Å²) in [5.74, 6) is -0.639. The highest BCUT2D eigenvalue weighted by atomic mass is 35.5. The smallest absolute Gasteiger partial charge is 0.269 e. The molecular formula is C15H12Cl3N3O2. The molecule has 0 spiro atoms. The van der Waals surface area contributed by atoms with Crippen molar-refractivity contribution >= 4 is 58.0 Å². The van der Waals surface area contributed by atoms with Gasteiger partial charge in [-0.1, -0.05) is 40.9 Å². The predicted molar refractivity (Wildman–Crippen MR) is 93.3 cm³/mol. The molecule has 2 rings (SSSR count). The highest BCUT2D eigenvalue weighted by Gasteiger charge is 2.11. The summed E-state index contributed by atoms with van der Waals surface area (Å²) >= 11 is 17.9. The lowest BCUT2D eigenvalue weighted by molar-refractivity contribution is -0.114. The van der Waals surface area contributed by atoms with E-state index in [-0.39, 0.29) is 16.0 Å². The number of carbonyl (C=O) groups excluding carboxylic acids is 2. The van der Waals surface area contributed by atoms with E-state index in [9.17, 15) is 9.59 Å². The van der Waals surface area contributed by atoms with Gasteiger partial charge < -0.3 is 5.32 Å². The Balaban J connectivity index is 2.10. The molecule has 0 fully saturated rings. The third-order valence-electron chi connectivity index (χ3n) is 2.75. The van der Waals surface area contributed by atoms with Crippen molar-refractivity contribution < 1.29 is 9.59 Å². The van der Waals surface area contributed by atoms with Crippen LogP contribution >= 0.6 is 34.8 Å². The van der Waals surface area contributed by atoms with Crippen LogP contribution in [0.15, 0.2) is 36.4 Å². The Kier molecular flexibility index (Phi) is 5.71. The largest absolute Gasteiger partial charge is 0.326 e. The van der Waals surface area contributed by atoms with E-state index in [1.807, 2.05) is 0 Å². The van der Waals surface area contributed by atoms with Gasteiger partial charge in [-0.25, -0.2) is 0 Å². The molecule has 0 unspecified atom stereocenters. The van der Waals surface area contributed by atoms with Crippen LogP contribution in [0.2, 0.25) is 15.1 Å². The van der Waals surface area contributed by atoms with Gasteiger partial charge in [-0.05, 0) is 30.3 Å². The summed E-state index contributed by atoms with van der Waals surface area (Å²) in [4.78, 5) is 23.2. The molecule has 0 saturated carbocycles. The maximum atomic E-state index is 12.1. The van der Waals surface area contributed by atoms with Gasteiger partial charge in [0.25, 0.3) is 5.91 Å². The van der Waals surface area contributed by atoms with Crippen molar-refractivity contribution in [3.05, 3.63) is 57.0 Å². The third kappa shape index (κ3) is 4.76. The Bertz CT molecular complexity index is 742. The molecule has 2 aromatic rings. The minimum absolute atomic E-state index is 0.222. The van der Waals surface area contributed by atoms with E-state index in [0.29, 0.717) is 22.0 Å². The zero-order chi connectivity index (χ0) is 17.0. The summed E-state index contributed by atoms with van der Waals surface area (Å²) < 4.78 is 0. The highest BCUT2D eigenvalue weighted by Crippen LogP contribution is 2.33. The second kappa shape index (κ2) is 7.55. The Hall–Kier alpha value is -1.95. The molecule has 0 aromatic heterocycles. The van der Waals surface area contributed by atoms with Crippen LogP contribution in [0.4, 0.5) is 11.4 Å². The number of hydrogen-bond donors (Lipinski definition) is 3. The van der Waals surface area contributed by atoms with Crippen molar-refractivity contribution in [2.75, 3.05) is 10.7 Å². The number of hydrazine groups is 1. The van der Waals surface area contributed by atoms with Crippen LogP contribution in [0, 0.1) is 0 Å². The van der Waals surface area contributed by atoms with E-state index in [2.05, 4.69) is 16.2 Å². The minimum atomic E-state index is -0.417. The molecular weight excluding hydrogens is 361 g/mol. The average molecular weight is 373 g/mol. The number of halogens is 3. The monoisotopic (exact) mass is 371 g/mol. The fraction of sp³-hybridized carbons (Fsp3) is 0.0667. The van der Waals surface area contributed by atoms with Crippen LogP contribution in [0.5, 0.6) is 0 Å². The number of hydrogen-bond acceptors (Lipinski definition) is 3.